The molecular weight excluding hydrogens is 585 g/mol. The summed E-state index contributed by atoms with van der Waals surface area (Å²) in [6.07, 6.45) is 0. The lowest BCUT2D eigenvalue weighted by molar-refractivity contribution is 0.974. The third-order valence-electron chi connectivity index (χ3n) is 10.3. The summed E-state index contributed by atoms with van der Waals surface area (Å²) in [6.45, 7) is 0.651. The Morgan fingerprint density at radius 2 is 1.15 bits per heavy atom. The molecule has 0 amide bonds. The first kappa shape index (κ1) is 25.8. The van der Waals surface area contributed by atoms with Crippen molar-refractivity contribution in [1.82, 2.24) is 14.3 Å². The highest BCUT2D eigenvalue weighted by Crippen LogP contribution is 2.44. The molecule has 4 nitrogen and oxygen atoms in total. The van der Waals surface area contributed by atoms with Crippen molar-refractivity contribution < 1.29 is 0 Å². The van der Waals surface area contributed by atoms with Gasteiger partial charge in [0.2, 0.25) is 0 Å². The normalized spacial score (nSPS) is 14.0. The standard InChI is InChI=1S/C44H28N4/c1-3-12-27(13-4-1)42-40(26-45-44(46-42)28-14-5-2-6-15-28)47-36-20-9-8-17-31(36)35-25-34-29(24-39(35)47)22-23-38-41(34)33-19-11-18-32-30-16-7-10-21-37(30)48(38)43(32)33/h1-25H,26H2,(H,45,46). The molecule has 0 fully saturated rings. The Morgan fingerprint density at radius 3 is 1.96 bits per heavy atom. The number of amidine groups is 1. The van der Waals surface area contributed by atoms with Crippen molar-refractivity contribution >= 4 is 87.9 Å². The van der Waals surface area contributed by atoms with Gasteiger partial charge in [-0.25, -0.2) is 4.99 Å². The van der Waals surface area contributed by atoms with Crippen LogP contribution in [0.2, 0.25) is 0 Å². The second-order valence-electron chi connectivity index (χ2n) is 12.8. The van der Waals surface area contributed by atoms with Crippen LogP contribution in [0, 0.1) is 0 Å². The summed E-state index contributed by atoms with van der Waals surface area (Å²) < 4.78 is 4.91. The van der Waals surface area contributed by atoms with Gasteiger partial charge in [-0.1, -0.05) is 121 Å². The van der Waals surface area contributed by atoms with Crippen LogP contribution in [0.1, 0.15) is 11.1 Å². The number of hydrogen-bond donors (Lipinski definition) is 1. The van der Waals surface area contributed by atoms with Gasteiger partial charge >= 0.3 is 0 Å². The van der Waals surface area contributed by atoms with Crippen LogP contribution in [-0.2, 0) is 0 Å². The van der Waals surface area contributed by atoms with E-state index >= 15 is 0 Å². The molecule has 4 heterocycles. The van der Waals surface area contributed by atoms with Crippen LogP contribution in [0.15, 0.2) is 157 Å². The number of aliphatic imine (C=N–C) groups is 1. The van der Waals surface area contributed by atoms with Crippen LogP contribution in [0.4, 0.5) is 0 Å². The zero-order valence-electron chi connectivity index (χ0n) is 26.0. The van der Waals surface area contributed by atoms with Crippen LogP contribution in [0.25, 0.3) is 82.1 Å². The van der Waals surface area contributed by atoms with Crippen LogP contribution >= 0.6 is 0 Å². The average molecular weight is 613 g/mol. The summed E-state index contributed by atoms with van der Waals surface area (Å²) in [5.41, 5.74) is 10.5. The fraction of sp³-hybridized carbons (Fsp3) is 0.0227. The highest BCUT2D eigenvalue weighted by atomic mass is 15.1. The van der Waals surface area contributed by atoms with Crippen molar-refractivity contribution in [3.8, 4) is 0 Å². The van der Waals surface area contributed by atoms with E-state index < -0.39 is 0 Å². The van der Waals surface area contributed by atoms with Crippen molar-refractivity contribution in [1.29, 1.82) is 0 Å². The largest absolute Gasteiger partial charge is 0.364 e. The average Bonchev–Trinajstić information content (AvgIpc) is 3.79. The summed E-state index contributed by atoms with van der Waals surface area (Å²) in [4.78, 5) is 5.31. The third-order valence-corrected chi connectivity index (χ3v) is 10.3. The number of rotatable bonds is 3. The SMILES string of the molecule is c1ccc(C2=NC(c3ccccc3)=C(n3c4ccccc4c4cc5c(ccc6c5c5cccc7c8ccccc8n6c75)cc43)CN2)cc1. The molecule has 0 saturated carbocycles. The van der Waals surface area contributed by atoms with E-state index in [2.05, 4.69) is 160 Å². The van der Waals surface area contributed by atoms with E-state index in [-0.39, 0.29) is 0 Å². The Kier molecular flexibility index (Phi) is 5.13. The van der Waals surface area contributed by atoms with Crippen molar-refractivity contribution in [2.75, 3.05) is 6.54 Å². The molecule has 48 heavy (non-hydrogen) atoms. The van der Waals surface area contributed by atoms with E-state index in [9.17, 15) is 0 Å². The van der Waals surface area contributed by atoms with Crippen LogP contribution < -0.4 is 5.32 Å². The smallest absolute Gasteiger partial charge is 0.134 e. The molecule has 0 atom stereocenters. The quantitative estimate of drug-likeness (QED) is 0.212. The zero-order valence-corrected chi connectivity index (χ0v) is 26.0. The van der Waals surface area contributed by atoms with Gasteiger partial charge in [-0.3, -0.25) is 0 Å². The minimum Gasteiger partial charge on any atom is -0.364 e. The summed E-state index contributed by atoms with van der Waals surface area (Å²) in [6, 6.07) is 54.8. The molecule has 11 rings (SSSR count). The van der Waals surface area contributed by atoms with Gasteiger partial charge in [0, 0.05) is 43.4 Å². The van der Waals surface area contributed by atoms with Gasteiger partial charge in [0.05, 0.1) is 45.5 Å². The number of aromatic nitrogens is 2. The molecule has 224 valence electrons. The Morgan fingerprint density at radius 1 is 0.479 bits per heavy atom. The predicted molar refractivity (Wildman–Crippen MR) is 202 cm³/mol. The zero-order chi connectivity index (χ0) is 31.3. The Labute approximate surface area is 275 Å². The van der Waals surface area contributed by atoms with Crippen LogP contribution in [-0.4, -0.2) is 21.3 Å². The van der Waals surface area contributed by atoms with Gasteiger partial charge in [0.1, 0.15) is 5.84 Å². The van der Waals surface area contributed by atoms with E-state index in [1.54, 1.807) is 0 Å². The minimum absolute atomic E-state index is 0.651. The maximum atomic E-state index is 5.31. The summed E-state index contributed by atoms with van der Waals surface area (Å²) in [5.74, 6) is 0.894. The first-order chi connectivity index (χ1) is 23.8. The van der Waals surface area contributed by atoms with Gasteiger partial charge in [0.15, 0.2) is 0 Å². The molecule has 4 heteroatoms. The van der Waals surface area contributed by atoms with E-state index in [1.807, 2.05) is 6.07 Å². The molecule has 0 aliphatic carbocycles. The fourth-order valence-corrected chi connectivity index (χ4v) is 8.25. The lowest BCUT2D eigenvalue weighted by Crippen LogP contribution is -2.31. The van der Waals surface area contributed by atoms with Crippen molar-refractivity contribution in [2.24, 2.45) is 4.99 Å². The maximum Gasteiger partial charge on any atom is 0.134 e. The van der Waals surface area contributed by atoms with Crippen LogP contribution in [0.5, 0.6) is 0 Å². The summed E-state index contributed by atoms with van der Waals surface area (Å²) in [7, 11) is 0. The molecule has 3 aromatic heterocycles. The fourth-order valence-electron chi connectivity index (χ4n) is 8.25. The summed E-state index contributed by atoms with van der Waals surface area (Å²) in [5, 5.41) is 13.9. The van der Waals surface area contributed by atoms with Crippen LogP contribution in [0.3, 0.4) is 0 Å². The molecule has 7 aromatic carbocycles. The van der Waals surface area contributed by atoms with Gasteiger partial charge in [-0.15, -0.1) is 0 Å². The van der Waals surface area contributed by atoms with E-state index in [4.69, 9.17) is 4.99 Å². The molecule has 0 bridgehead atoms. The molecular formula is C44H28N4. The molecule has 0 unspecified atom stereocenters. The Balaban J connectivity index is 1.25. The van der Waals surface area contributed by atoms with E-state index in [0.717, 1.165) is 28.4 Å². The van der Waals surface area contributed by atoms with Gasteiger partial charge in [-0.2, -0.15) is 0 Å². The number of fused-ring (bicyclic) bond motifs is 11. The van der Waals surface area contributed by atoms with Crippen molar-refractivity contribution in [2.45, 2.75) is 0 Å². The molecule has 0 saturated heterocycles. The van der Waals surface area contributed by atoms with Crippen molar-refractivity contribution in [3.63, 3.8) is 0 Å². The Hall–Kier alpha value is -6.39. The monoisotopic (exact) mass is 612 g/mol. The highest BCUT2D eigenvalue weighted by molar-refractivity contribution is 6.30. The predicted octanol–water partition coefficient (Wildman–Crippen LogP) is 10.5. The molecule has 10 aromatic rings. The maximum absolute atomic E-state index is 5.31. The van der Waals surface area contributed by atoms with Crippen molar-refractivity contribution in [3.05, 3.63) is 163 Å². The second kappa shape index (κ2) is 9.57. The molecule has 0 radical (unpaired) electrons. The Bertz CT molecular complexity index is 2980. The van der Waals surface area contributed by atoms with Gasteiger partial charge in [-0.05, 0) is 41.1 Å². The van der Waals surface area contributed by atoms with Gasteiger partial charge < -0.3 is 14.3 Å². The van der Waals surface area contributed by atoms with Gasteiger partial charge in [0.25, 0.3) is 0 Å². The molecule has 1 N–H and O–H groups in total. The number of hydrogen-bond acceptors (Lipinski definition) is 2. The number of benzene rings is 7. The molecule has 1 aliphatic rings. The molecule has 1 aliphatic heterocycles. The van der Waals surface area contributed by atoms with E-state index in [1.165, 1.54) is 70.7 Å². The second-order valence-corrected chi connectivity index (χ2v) is 12.8. The summed E-state index contributed by atoms with van der Waals surface area (Å²) >= 11 is 0. The first-order valence-electron chi connectivity index (χ1n) is 16.5. The molecule has 0 spiro atoms. The highest BCUT2D eigenvalue weighted by Gasteiger charge is 2.24. The third kappa shape index (κ3) is 3.41. The number of nitrogens with one attached hydrogen (secondary N) is 1. The minimum atomic E-state index is 0.651. The lowest BCUT2D eigenvalue weighted by Gasteiger charge is -2.24. The lowest BCUT2D eigenvalue weighted by atomic mass is 10.00. The first-order valence-corrected chi connectivity index (χ1v) is 16.5. The number of para-hydroxylation sites is 3. The van der Waals surface area contributed by atoms with E-state index in [0.29, 0.717) is 6.54 Å². The topological polar surface area (TPSA) is 33.7 Å². The number of nitrogens with zero attached hydrogens (tertiary/aromatic N) is 3.